The van der Waals surface area contributed by atoms with Crippen LogP contribution in [-0.4, -0.2) is 23.0 Å². The fraction of sp³-hybridized carbons (Fsp3) is 1.00. The second kappa shape index (κ2) is 2.47. The van der Waals surface area contributed by atoms with Gasteiger partial charge in [-0.15, -0.1) is 0 Å². The summed E-state index contributed by atoms with van der Waals surface area (Å²) in [5, 5.41) is 0. The van der Waals surface area contributed by atoms with Crippen molar-refractivity contribution < 1.29 is 0 Å². The summed E-state index contributed by atoms with van der Waals surface area (Å²) in [6, 6.07) is 0.898. The Kier molecular flexibility index (Phi) is 1.76. The molecule has 1 saturated heterocycles. The second-order valence-corrected chi connectivity index (χ2v) is 5.59. The Labute approximate surface area is 76.1 Å². The largest absolute Gasteiger partial charge is 0.295 e. The molecule has 1 heteroatoms. The molecule has 3 atom stereocenters. The van der Waals surface area contributed by atoms with Crippen LogP contribution in [0, 0.1) is 11.8 Å². The van der Waals surface area contributed by atoms with E-state index in [1.807, 2.05) is 0 Å². The molecule has 0 spiro atoms. The molecule has 0 aromatic rings. The Morgan fingerprint density at radius 2 is 1.83 bits per heavy atom. The average molecular weight is 167 g/mol. The van der Waals surface area contributed by atoms with Gasteiger partial charge in [-0.25, -0.2) is 0 Å². The summed E-state index contributed by atoms with van der Waals surface area (Å²) >= 11 is 0. The quantitative estimate of drug-likeness (QED) is 0.536. The summed E-state index contributed by atoms with van der Waals surface area (Å²) in [5.74, 6) is 1.97. The summed E-state index contributed by atoms with van der Waals surface area (Å²) in [7, 11) is 0. The molecule has 0 unspecified atom stereocenters. The summed E-state index contributed by atoms with van der Waals surface area (Å²) in [6.45, 7) is 10.8. The number of likely N-dealkylation sites (tertiary alicyclic amines) is 1. The lowest BCUT2D eigenvalue weighted by atomic mass is 10.0. The maximum Gasteiger partial charge on any atom is 0.0129 e. The molecule has 0 aromatic carbocycles. The van der Waals surface area contributed by atoms with Crippen molar-refractivity contribution in [3.63, 3.8) is 0 Å². The third-order valence-electron chi connectivity index (χ3n) is 3.88. The minimum atomic E-state index is 0.397. The van der Waals surface area contributed by atoms with E-state index in [-0.39, 0.29) is 0 Å². The van der Waals surface area contributed by atoms with Crippen molar-refractivity contribution >= 4 is 0 Å². The van der Waals surface area contributed by atoms with Crippen molar-refractivity contribution in [1.29, 1.82) is 0 Å². The summed E-state index contributed by atoms with van der Waals surface area (Å²) in [6.07, 6.45) is 2.93. The van der Waals surface area contributed by atoms with Gasteiger partial charge in [0, 0.05) is 18.1 Å². The first kappa shape index (κ1) is 8.55. The van der Waals surface area contributed by atoms with Crippen LogP contribution >= 0.6 is 0 Å². The molecule has 2 bridgehead atoms. The van der Waals surface area contributed by atoms with E-state index in [4.69, 9.17) is 0 Å². The molecule has 0 amide bonds. The average Bonchev–Trinajstić information content (AvgIpc) is 2.45. The van der Waals surface area contributed by atoms with Crippen molar-refractivity contribution in [3.8, 4) is 0 Å². The molecule has 1 saturated carbocycles. The molecular weight excluding hydrogens is 146 g/mol. The van der Waals surface area contributed by atoms with Crippen LogP contribution in [0.25, 0.3) is 0 Å². The molecule has 1 heterocycles. The Bertz CT molecular complexity index is 180. The van der Waals surface area contributed by atoms with Crippen molar-refractivity contribution in [3.05, 3.63) is 0 Å². The van der Waals surface area contributed by atoms with Crippen LogP contribution in [0.1, 0.15) is 40.5 Å². The zero-order valence-electron chi connectivity index (χ0n) is 8.80. The first-order chi connectivity index (χ1) is 5.50. The highest BCUT2D eigenvalue weighted by Gasteiger charge is 2.47. The van der Waals surface area contributed by atoms with E-state index in [9.17, 15) is 0 Å². The van der Waals surface area contributed by atoms with Gasteiger partial charge in [0.15, 0.2) is 0 Å². The van der Waals surface area contributed by atoms with Crippen molar-refractivity contribution in [2.75, 3.05) is 6.54 Å². The smallest absolute Gasteiger partial charge is 0.0129 e. The van der Waals surface area contributed by atoms with Crippen molar-refractivity contribution in [1.82, 2.24) is 4.90 Å². The van der Waals surface area contributed by atoms with Gasteiger partial charge in [0.1, 0.15) is 0 Å². The standard InChI is InChI=1S/C11H21N/c1-8-9-5-6-10(8)12(7-9)11(2,3)4/h8-10H,5-7H2,1-4H3/t8-,9+,10+/m1/s1. The molecule has 0 aromatic heterocycles. The highest BCUT2D eigenvalue weighted by molar-refractivity contribution is 5.01. The lowest BCUT2D eigenvalue weighted by Crippen LogP contribution is -2.46. The third-order valence-corrected chi connectivity index (χ3v) is 3.88. The number of rotatable bonds is 0. The molecule has 2 rings (SSSR count). The topological polar surface area (TPSA) is 3.24 Å². The zero-order valence-corrected chi connectivity index (χ0v) is 8.80. The van der Waals surface area contributed by atoms with Gasteiger partial charge in [-0.2, -0.15) is 0 Å². The Balaban J connectivity index is 2.14. The predicted octanol–water partition coefficient (Wildman–Crippen LogP) is 2.52. The molecule has 70 valence electrons. The minimum absolute atomic E-state index is 0.397. The monoisotopic (exact) mass is 167 g/mol. The maximum atomic E-state index is 2.71. The summed E-state index contributed by atoms with van der Waals surface area (Å²) in [5.41, 5.74) is 0.397. The number of nitrogens with zero attached hydrogens (tertiary/aromatic N) is 1. The molecule has 0 radical (unpaired) electrons. The van der Waals surface area contributed by atoms with E-state index in [0.29, 0.717) is 5.54 Å². The first-order valence-electron chi connectivity index (χ1n) is 5.27. The van der Waals surface area contributed by atoms with Gasteiger partial charge >= 0.3 is 0 Å². The lowest BCUT2D eigenvalue weighted by Gasteiger charge is -2.39. The summed E-state index contributed by atoms with van der Waals surface area (Å²) in [4.78, 5) is 2.71. The van der Waals surface area contributed by atoms with Gasteiger partial charge in [0.2, 0.25) is 0 Å². The number of hydrogen-bond acceptors (Lipinski definition) is 1. The van der Waals surface area contributed by atoms with Gasteiger partial charge in [-0.3, -0.25) is 4.90 Å². The van der Waals surface area contributed by atoms with Crippen LogP contribution in [0.2, 0.25) is 0 Å². The van der Waals surface area contributed by atoms with E-state index >= 15 is 0 Å². The number of fused-ring (bicyclic) bond motifs is 2. The SMILES string of the molecule is C[C@@H]1[C@H]2CC[C@@H]1N(C(C)(C)C)C2. The van der Waals surface area contributed by atoms with Crippen LogP contribution in [0.5, 0.6) is 0 Å². The minimum Gasteiger partial charge on any atom is -0.295 e. The molecule has 0 N–H and O–H groups in total. The van der Waals surface area contributed by atoms with E-state index in [2.05, 4.69) is 32.6 Å². The molecule has 2 fully saturated rings. The van der Waals surface area contributed by atoms with Gasteiger partial charge in [-0.1, -0.05) is 6.92 Å². The normalized spacial score (nSPS) is 42.5. The number of hydrogen-bond donors (Lipinski definition) is 0. The molecule has 1 aliphatic heterocycles. The highest BCUT2D eigenvalue weighted by Crippen LogP contribution is 2.45. The fourth-order valence-electron chi connectivity index (χ4n) is 3.08. The van der Waals surface area contributed by atoms with E-state index in [1.54, 1.807) is 0 Å². The Hall–Kier alpha value is -0.0400. The van der Waals surface area contributed by atoms with E-state index < -0.39 is 0 Å². The van der Waals surface area contributed by atoms with Gasteiger partial charge in [-0.05, 0) is 45.4 Å². The van der Waals surface area contributed by atoms with Crippen LogP contribution in [0.3, 0.4) is 0 Å². The third kappa shape index (κ3) is 1.10. The first-order valence-corrected chi connectivity index (χ1v) is 5.27. The Morgan fingerprint density at radius 3 is 2.08 bits per heavy atom. The predicted molar refractivity (Wildman–Crippen MR) is 52.1 cm³/mol. The molecule has 2 aliphatic rings. The van der Waals surface area contributed by atoms with Crippen LogP contribution in [-0.2, 0) is 0 Å². The Morgan fingerprint density at radius 1 is 1.17 bits per heavy atom. The highest BCUT2D eigenvalue weighted by atomic mass is 15.3. The zero-order chi connectivity index (χ0) is 8.93. The molecule has 1 aliphatic carbocycles. The van der Waals surface area contributed by atoms with Crippen LogP contribution in [0.15, 0.2) is 0 Å². The lowest BCUT2D eigenvalue weighted by molar-refractivity contribution is 0.0928. The molecule has 12 heavy (non-hydrogen) atoms. The van der Waals surface area contributed by atoms with Crippen LogP contribution in [0.4, 0.5) is 0 Å². The van der Waals surface area contributed by atoms with Gasteiger partial charge in [0.25, 0.3) is 0 Å². The molecular formula is C11H21N. The van der Waals surface area contributed by atoms with Gasteiger partial charge in [0.05, 0.1) is 0 Å². The fourth-order valence-corrected chi connectivity index (χ4v) is 3.08. The van der Waals surface area contributed by atoms with E-state index in [1.165, 1.54) is 19.4 Å². The van der Waals surface area contributed by atoms with Crippen molar-refractivity contribution in [2.45, 2.75) is 52.1 Å². The van der Waals surface area contributed by atoms with E-state index in [0.717, 1.165) is 17.9 Å². The second-order valence-electron chi connectivity index (χ2n) is 5.59. The maximum absolute atomic E-state index is 2.71. The summed E-state index contributed by atoms with van der Waals surface area (Å²) < 4.78 is 0. The molecule has 1 nitrogen and oxygen atoms in total. The van der Waals surface area contributed by atoms with Crippen LogP contribution < -0.4 is 0 Å². The number of piperidine rings is 1. The van der Waals surface area contributed by atoms with Gasteiger partial charge < -0.3 is 0 Å². The van der Waals surface area contributed by atoms with Crippen molar-refractivity contribution in [2.24, 2.45) is 11.8 Å².